The molecular formula is C17H22N2O2S. The molecule has 0 spiro atoms. The van der Waals surface area contributed by atoms with Gasteiger partial charge in [-0.25, -0.2) is 4.98 Å². The second-order valence-electron chi connectivity index (χ2n) is 4.94. The van der Waals surface area contributed by atoms with Crippen LogP contribution in [0.15, 0.2) is 41.4 Å². The van der Waals surface area contributed by atoms with E-state index in [-0.39, 0.29) is 11.2 Å². The van der Waals surface area contributed by atoms with Gasteiger partial charge in [0, 0.05) is 25.1 Å². The first-order valence-electron chi connectivity index (χ1n) is 7.58. The van der Waals surface area contributed by atoms with Crippen molar-refractivity contribution in [3.63, 3.8) is 0 Å². The third-order valence-corrected chi connectivity index (χ3v) is 4.24. The molecule has 0 aliphatic rings. The van der Waals surface area contributed by atoms with Crippen LogP contribution < -0.4 is 5.32 Å². The van der Waals surface area contributed by atoms with Crippen molar-refractivity contribution in [1.82, 2.24) is 10.3 Å². The summed E-state index contributed by atoms with van der Waals surface area (Å²) in [5.74, 6) is 0.0384. The van der Waals surface area contributed by atoms with E-state index in [1.165, 1.54) is 11.8 Å². The average Bonchev–Trinajstić information content (AvgIpc) is 2.54. The summed E-state index contributed by atoms with van der Waals surface area (Å²) in [5.41, 5.74) is 0.955. The first-order valence-corrected chi connectivity index (χ1v) is 8.46. The van der Waals surface area contributed by atoms with Gasteiger partial charge in [-0.2, -0.15) is 0 Å². The highest BCUT2D eigenvalue weighted by Crippen LogP contribution is 2.23. The van der Waals surface area contributed by atoms with E-state index in [9.17, 15) is 4.79 Å². The van der Waals surface area contributed by atoms with Gasteiger partial charge < -0.3 is 10.1 Å². The van der Waals surface area contributed by atoms with Crippen molar-refractivity contribution in [1.29, 1.82) is 0 Å². The largest absolute Gasteiger partial charge is 0.382 e. The van der Waals surface area contributed by atoms with Gasteiger partial charge in [-0.15, -0.1) is 0 Å². The van der Waals surface area contributed by atoms with Gasteiger partial charge in [0.05, 0.1) is 15.8 Å². The number of fused-ring (bicyclic) bond motifs is 1. The number of hydrogen-bond acceptors (Lipinski definition) is 4. The smallest absolute Gasteiger partial charge is 0.233 e. The fourth-order valence-corrected chi connectivity index (χ4v) is 2.87. The Morgan fingerprint density at radius 1 is 1.32 bits per heavy atom. The van der Waals surface area contributed by atoms with Crippen LogP contribution in [-0.2, 0) is 9.53 Å². The molecule has 0 fully saturated rings. The zero-order chi connectivity index (χ0) is 15.8. The molecule has 4 nitrogen and oxygen atoms in total. The molecule has 1 unspecified atom stereocenters. The molecule has 118 valence electrons. The van der Waals surface area contributed by atoms with Gasteiger partial charge in [-0.3, -0.25) is 4.79 Å². The number of pyridine rings is 1. The van der Waals surface area contributed by atoms with E-state index < -0.39 is 0 Å². The van der Waals surface area contributed by atoms with Crippen LogP contribution >= 0.6 is 11.8 Å². The van der Waals surface area contributed by atoms with Crippen molar-refractivity contribution in [2.45, 2.75) is 30.5 Å². The van der Waals surface area contributed by atoms with E-state index in [1.54, 1.807) is 0 Å². The lowest BCUT2D eigenvalue weighted by Crippen LogP contribution is -2.32. The van der Waals surface area contributed by atoms with Gasteiger partial charge >= 0.3 is 0 Å². The zero-order valence-electron chi connectivity index (χ0n) is 13.0. The molecule has 2 rings (SSSR count). The van der Waals surface area contributed by atoms with E-state index in [4.69, 9.17) is 4.74 Å². The van der Waals surface area contributed by atoms with E-state index in [0.29, 0.717) is 19.8 Å². The van der Waals surface area contributed by atoms with E-state index >= 15 is 0 Å². The average molecular weight is 318 g/mol. The lowest BCUT2D eigenvalue weighted by atomic mass is 10.2. The van der Waals surface area contributed by atoms with Crippen LogP contribution in [0.5, 0.6) is 0 Å². The fraction of sp³-hybridized carbons (Fsp3) is 0.412. The molecule has 0 aliphatic heterocycles. The van der Waals surface area contributed by atoms with Gasteiger partial charge in [-0.05, 0) is 32.4 Å². The Labute approximate surface area is 135 Å². The number of carbonyl (C=O) groups is 1. The number of para-hydroxylation sites is 1. The predicted molar refractivity (Wildman–Crippen MR) is 91.2 cm³/mol. The van der Waals surface area contributed by atoms with Crippen LogP contribution in [0.2, 0.25) is 0 Å². The van der Waals surface area contributed by atoms with Gasteiger partial charge in [-0.1, -0.05) is 36.0 Å². The maximum Gasteiger partial charge on any atom is 0.233 e. The van der Waals surface area contributed by atoms with Crippen LogP contribution in [0.25, 0.3) is 10.9 Å². The predicted octanol–water partition coefficient (Wildman–Crippen LogP) is 3.26. The first kappa shape index (κ1) is 16.8. The number of amides is 1. The second kappa shape index (κ2) is 8.76. The third-order valence-electron chi connectivity index (χ3n) is 3.21. The monoisotopic (exact) mass is 318 g/mol. The summed E-state index contributed by atoms with van der Waals surface area (Å²) in [6.45, 7) is 5.92. The fourth-order valence-electron chi connectivity index (χ4n) is 2.02. The summed E-state index contributed by atoms with van der Waals surface area (Å²) in [5, 5.41) is 4.75. The topological polar surface area (TPSA) is 51.2 Å². The number of benzene rings is 1. The molecule has 1 aromatic carbocycles. The number of thioether (sulfide) groups is 1. The number of carbonyl (C=O) groups excluding carboxylic acids is 1. The molecule has 0 radical (unpaired) electrons. The van der Waals surface area contributed by atoms with Crippen molar-refractivity contribution < 1.29 is 9.53 Å². The van der Waals surface area contributed by atoms with Crippen LogP contribution in [-0.4, -0.2) is 35.9 Å². The van der Waals surface area contributed by atoms with Crippen molar-refractivity contribution in [2.75, 3.05) is 19.8 Å². The summed E-state index contributed by atoms with van der Waals surface area (Å²) < 4.78 is 5.25. The molecule has 22 heavy (non-hydrogen) atoms. The van der Waals surface area contributed by atoms with Gasteiger partial charge in [0.1, 0.15) is 0 Å². The summed E-state index contributed by atoms with van der Waals surface area (Å²) in [6.07, 6.45) is 0.838. The van der Waals surface area contributed by atoms with Crippen molar-refractivity contribution in [3.8, 4) is 0 Å². The van der Waals surface area contributed by atoms with Crippen molar-refractivity contribution >= 4 is 28.6 Å². The van der Waals surface area contributed by atoms with Crippen molar-refractivity contribution in [2.24, 2.45) is 0 Å². The maximum absolute atomic E-state index is 12.0. The maximum atomic E-state index is 12.0. The second-order valence-corrected chi connectivity index (χ2v) is 6.30. The number of hydrogen-bond donors (Lipinski definition) is 1. The van der Waals surface area contributed by atoms with Crippen LogP contribution in [0.1, 0.15) is 20.3 Å². The SMILES string of the molecule is CCOCCCNC(=O)C(C)Sc1ccc2ccccc2n1. The molecule has 2 aromatic rings. The van der Waals surface area contributed by atoms with Gasteiger partial charge in [0.15, 0.2) is 0 Å². The third kappa shape index (κ3) is 5.00. The molecule has 1 aromatic heterocycles. The lowest BCUT2D eigenvalue weighted by molar-refractivity contribution is -0.120. The number of nitrogens with one attached hydrogen (secondary N) is 1. The van der Waals surface area contributed by atoms with Crippen LogP contribution in [0.3, 0.4) is 0 Å². The Balaban J connectivity index is 1.84. The normalized spacial score (nSPS) is 12.3. The molecule has 0 saturated heterocycles. The molecule has 5 heteroatoms. The van der Waals surface area contributed by atoms with E-state index in [2.05, 4.69) is 10.3 Å². The van der Waals surface area contributed by atoms with Gasteiger partial charge in [0.25, 0.3) is 0 Å². The summed E-state index contributed by atoms with van der Waals surface area (Å²) >= 11 is 1.48. The number of rotatable bonds is 8. The Morgan fingerprint density at radius 2 is 2.14 bits per heavy atom. The van der Waals surface area contributed by atoms with Crippen LogP contribution in [0.4, 0.5) is 0 Å². The number of nitrogens with zero attached hydrogens (tertiary/aromatic N) is 1. The molecule has 1 N–H and O–H groups in total. The highest BCUT2D eigenvalue weighted by atomic mass is 32.2. The minimum atomic E-state index is -0.166. The number of ether oxygens (including phenoxy) is 1. The minimum Gasteiger partial charge on any atom is -0.382 e. The quantitative estimate of drug-likeness (QED) is 0.599. The Kier molecular flexibility index (Phi) is 6.68. The standard InChI is InChI=1S/C17H22N2O2S/c1-3-21-12-6-11-18-17(20)13(2)22-16-10-9-14-7-4-5-8-15(14)19-16/h4-5,7-10,13H,3,6,11-12H2,1-2H3,(H,18,20). The zero-order valence-corrected chi connectivity index (χ0v) is 13.9. The molecule has 0 bridgehead atoms. The first-order chi connectivity index (χ1) is 10.7. The Hall–Kier alpha value is -1.59. The van der Waals surface area contributed by atoms with E-state index in [0.717, 1.165) is 22.3 Å². The molecule has 1 amide bonds. The molecule has 0 aliphatic carbocycles. The molecule has 1 atom stereocenters. The Morgan fingerprint density at radius 3 is 2.95 bits per heavy atom. The molecule has 1 heterocycles. The highest BCUT2D eigenvalue weighted by molar-refractivity contribution is 8.00. The number of aromatic nitrogens is 1. The molecule has 0 saturated carbocycles. The van der Waals surface area contributed by atoms with E-state index in [1.807, 2.05) is 50.2 Å². The van der Waals surface area contributed by atoms with Gasteiger partial charge in [0.2, 0.25) is 5.91 Å². The highest BCUT2D eigenvalue weighted by Gasteiger charge is 2.14. The minimum absolute atomic E-state index is 0.0384. The Bertz CT molecular complexity index is 618. The van der Waals surface area contributed by atoms with Crippen LogP contribution in [0, 0.1) is 0 Å². The summed E-state index contributed by atoms with van der Waals surface area (Å²) in [7, 11) is 0. The lowest BCUT2D eigenvalue weighted by Gasteiger charge is -2.12. The van der Waals surface area contributed by atoms with Crippen molar-refractivity contribution in [3.05, 3.63) is 36.4 Å². The summed E-state index contributed by atoms with van der Waals surface area (Å²) in [6, 6.07) is 12.0. The summed E-state index contributed by atoms with van der Waals surface area (Å²) in [4.78, 5) is 16.6. The molecular weight excluding hydrogens is 296 g/mol.